The molecule has 120 valence electrons. The first-order chi connectivity index (χ1) is 11.0. The first-order valence-corrected chi connectivity index (χ1v) is 7.03. The number of nitrogens with zero attached hydrogens (tertiary/aromatic N) is 1. The SMILES string of the molecule is COC(=O)c1cccc(-c2cccc(CC(N)C(=O)OC)n2)c1. The molecule has 0 aliphatic carbocycles. The normalized spacial score (nSPS) is 11.6. The minimum Gasteiger partial charge on any atom is -0.468 e. The standard InChI is InChI=1S/C17H18N2O4/c1-22-16(20)12-6-3-5-11(9-12)15-8-4-7-13(19-15)10-14(18)17(21)23-2/h3-9,14H,10,18H2,1-2H3. The number of hydrogen-bond acceptors (Lipinski definition) is 6. The first-order valence-electron chi connectivity index (χ1n) is 7.03. The Morgan fingerprint density at radius 3 is 2.57 bits per heavy atom. The molecule has 1 heterocycles. The Hall–Kier alpha value is -2.73. The van der Waals surface area contributed by atoms with Gasteiger partial charge in [-0.1, -0.05) is 18.2 Å². The predicted molar refractivity (Wildman–Crippen MR) is 84.7 cm³/mol. The van der Waals surface area contributed by atoms with Gasteiger partial charge < -0.3 is 15.2 Å². The molecule has 0 bridgehead atoms. The monoisotopic (exact) mass is 314 g/mol. The van der Waals surface area contributed by atoms with Crippen LogP contribution in [0.25, 0.3) is 11.3 Å². The number of pyridine rings is 1. The molecular weight excluding hydrogens is 296 g/mol. The van der Waals surface area contributed by atoms with E-state index in [9.17, 15) is 9.59 Å². The lowest BCUT2D eigenvalue weighted by atomic mass is 10.1. The Morgan fingerprint density at radius 2 is 1.87 bits per heavy atom. The van der Waals surface area contributed by atoms with Gasteiger partial charge in [0.15, 0.2) is 0 Å². The van der Waals surface area contributed by atoms with E-state index < -0.39 is 18.0 Å². The van der Waals surface area contributed by atoms with Gasteiger partial charge in [0.05, 0.1) is 25.5 Å². The van der Waals surface area contributed by atoms with E-state index in [0.717, 1.165) is 5.56 Å². The molecule has 0 amide bonds. The Bertz CT molecular complexity index is 715. The summed E-state index contributed by atoms with van der Waals surface area (Å²) >= 11 is 0. The molecule has 6 nitrogen and oxygen atoms in total. The third-order valence-electron chi connectivity index (χ3n) is 3.32. The Morgan fingerprint density at radius 1 is 1.13 bits per heavy atom. The number of rotatable bonds is 5. The molecular formula is C17H18N2O4. The lowest BCUT2D eigenvalue weighted by molar-refractivity contribution is -0.142. The van der Waals surface area contributed by atoms with Crippen LogP contribution in [0.5, 0.6) is 0 Å². The third-order valence-corrected chi connectivity index (χ3v) is 3.32. The van der Waals surface area contributed by atoms with Crippen molar-refractivity contribution in [3.63, 3.8) is 0 Å². The predicted octanol–water partition coefficient (Wildman–Crippen LogP) is 1.58. The highest BCUT2D eigenvalue weighted by Crippen LogP contribution is 2.19. The molecule has 0 fully saturated rings. The van der Waals surface area contributed by atoms with Gasteiger partial charge in [0.25, 0.3) is 0 Å². The van der Waals surface area contributed by atoms with Gasteiger partial charge >= 0.3 is 11.9 Å². The minimum atomic E-state index is -0.760. The molecule has 0 aliphatic heterocycles. The van der Waals surface area contributed by atoms with Crippen molar-refractivity contribution in [3.8, 4) is 11.3 Å². The van der Waals surface area contributed by atoms with Crippen molar-refractivity contribution in [1.29, 1.82) is 0 Å². The highest BCUT2D eigenvalue weighted by molar-refractivity contribution is 5.90. The fourth-order valence-corrected chi connectivity index (χ4v) is 2.14. The van der Waals surface area contributed by atoms with Crippen LogP contribution in [0.1, 0.15) is 16.1 Å². The van der Waals surface area contributed by atoms with Crippen LogP contribution in [0, 0.1) is 0 Å². The Labute approximate surface area is 134 Å². The maximum atomic E-state index is 11.6. The summed E-state index contributed by atoms with van der Waals surface area (Å²) in [5.74, 6) is -0.888. The summed E-state index contributed by atoms with van der Waals surface area (Å²) in [6.07, 6.45) is 0.275. The molecule has 1 unspecified atom stereocenters. The van der Waals surface area contributed by atoms with Gasteiger partial charge in [0, 0.05) is 17.7 Å². The second-order valence-corrected chi connectivity index (χ2v) is 4.92. The summed E-state index contributed by atoms with van der Waals surface area (Å²) in [5.41, 5.74) is 8.34. The molecule has 1 aromatic carbocycles. The van der Waals surface area contributed by atoms with Crippen LogP contribution in [0.2, 0.25) is 0 Å². The Balaban J connectivity index is 2.26. The van der Waals surface area contributed by atoms with E-state index in [2.05, 4.69) is 9.72 Å². The van der Waals surface area contributed by atoms with Crippen molar-refractivity contribution < 1.29 is 19.1 Å². The first kappa shape index (κ1) is 16.6. The van der Waals surface area contributed by atoms with Crippen molar-refractivity contribution in [2.75, 3.05) is 14.2 Å². The van der Waals surface area contributed by atoms with E-state index >= 15 is 0 Å². The molecule has 1 atom stereocenters. The molecule has 2 aromatic rings. The molecule has 0 radical (unpaired) electrons. The smallest absolute Gasteiger partial charge is 0.337 e. The van der Waals surface area contributed by atoms with E-state index in [1.54, 1.807) is 24.3 Å². The van der Waals surface area contributed by atoms with Crippen LogP contribution in [0.4, 0.5) is 0 Å². The van der Waals surface area contributed by atoms with Gasteiger partial charge in [-0.2, -0.15) is 0 Å². The van der Waals surface area contributed by atoms with Gasteiger partial charge in [0.1, 0.15) is 6.04 Å². The van der Waals surface area contributed by atoms with E-state index in [1.165, 1.54) is 14.2 Å². The maximum Gasteiger partial charge on any atom is 0.337 e. The average molecular weight is 314 g/mol. The van der Waals surface area contributed by atoms with Gasteiger partial charge in [-0.15, -0.1) is 0 Å². The largest absolute Gasteiger partial charge is 0.468 e. The number of hydrogen-bond donors (Lipinski definition) is 1. The van der Waals surface area contributed by atoms with Crippen molar-refractivity contribution in [2.24, 2.45) is 5.73 Å². The summed E-state index contributed by atoms with van der Waals surface area (Å²) in [7, 11) is 2.63. The molecule has 6 heteroatoms. The minimum absolute atomic E-state index is 0.275. The van der Waals surface area contributed by atoms with Crippen LogP contribution < -0.4 is 5.73 Å². The number of carbonyl (C=O) groups is 2. The number of nitrogens with two attached hydrogens (primary N) is 1. The van der Waals surface area contributed by atoms with Gasteiger partial charge in [0.2, 0.25) is 0 Å². The Kier molecular flexibility index (Phi) is 5.43. The zero-order valence-corrected chi connectivity index (χ0v) is 13.0. The molecule has 0 saturated heterocycles. The van der Waals surface area contributed by atoms with Crippen LogP contribution >= 0.6 is 0 Å². The van der Waals surface area contributed by atoms with Crippen molar-refractivity contribution >= 4 is 11.9 Å². The quantitative estimate of drug-likeness (QED) is 0.842. The van der Waals surface area contributed by atoms with Crippen LogP contribution in [-0.4, -0.2) is 37.2 Å². The molecule has 2 rings (SSSR count). The lowest BCUT2D eigenvalue weighted by Crippen LogP contribution is -2.33. The number of ether oxygens (including phenoxy) is 2. The summed E-state index contributed by atoms with van der Waals surface area (Å²) in [6, 6.07) is 11.7. The molecule has 2 N–H and O–H groups in total. The second-order valence-electron chi connectivity index (χ2n) is 4.92. The maximum absolute atomic E-state index is 11.6. The van der Waals surface area contributed by atoms with E-state index in [-0.39, 0.29) is 6.42 Å². The van der Waals surface area contributed by atoms with E-state index in [1.807, 2.05) is 18.2 Å². The summed E-state index contributed by atoms with van der Waals surface area (Å²) in [6.45, 7) is 0. The number of aromatic nitrogens is 1. The lowest BCUT2D eigenvalue weighted by Gasteiger charge is -2.10. The summed E-state index contributed by atoms with van der Waals surface area (Å²) < 4.78 is 9.33. The highest BCUT2D eigenvalue weighted by Gasteiger charge is 2.15. The van der Waals surface area contributed by atoms with Crippen LogP contribution in [0.15, 0.2) is 42.5 Å². The van der Waals surface area contributed by atoms with Crippen LogP contribution in [-0.2, 0) is 20.7 Å². The molecule has 23 heavy (non-hydrogen) atoms. The van der Waals surface area contributed by atoms with E-state index in [0.29, 0.717) is 17.0 Å². The van der Waals surface area contributed by atoms with Crippen molar-refractivity contribution in [3.05, 3.63) is 53.7 Å². The van der Waals surface area contributed by atoms with Gasteiger partial charge in [-0.25, -0.2) is 4.79 Å². The van der Waals surface area contributed by atoms with Crippen molar-refractivity contribution in [2.45, 2.75) is 12.5 Å². The fourth-order valence-electron chi connectivity index (χ4n) is 2.14. The molecule has 0 aliphatic rings. The van der Waals surface area contributed by atoms with Gasteiger partial charge in [-0.05, 0) is 24.3 Å². The molecule has 1 aromatic heterocycles. The zero-order chi connectivity index (χ0) is 16.8. The second kappa shape index (κ2) is 7.51. The topological polar surface area (TPSA) is 91.5 Å². The molecule has 0 saturated carbocycles. The number of esters is 2. The van der Waals surface area contributed by atoms with Crippen molar-refractivity contribution in [1.82, 2.24) is 4.98 Å². The molecule has 0 spiro atoms. The van der Waals surface area contributed by atoms with Gasteiger partial charge in [-0.3, -0.25) is 9.78 Å². The number of carbonyl (C=O) groups excluding carboxylic acids is 2. The average Bonchev–Trinajstić information content (AvgIpc) is 2.60. The number of methoxy groups -OCH3 is 2. The third kappa shape index (κ3) is 4.14. The van der Waals surface area contributed by atoms with E-state index in [4.69, 9.17) is 10.5 Å². The summed E-state index contributed by atoms with van der Waals surface area (Å²) in [4.78, 5) is 27.5. The zero-order valence-electron chi connectivity index (χ0n) is 13.0. The van der Waals surface area contributed by atoms with Crippen LogP contribution in [0.3, 0.4) is 0 Å². The highest BCUT2D eigenvalue weighted by atomic mass is 16.5. The fraction of sp³-hybridized carbons (Fsp3) is 0.235. The number of benzene rings is 1. The summed E-state index contributed by atoms with van der Waals surface area (Å²) in [5, 5.41) is 0.